The summed E-state index contributed by atoms with van der Waals surface area (Å²) in [6.45, 7) is 0. The highest BCUT2D eigenvalue weighted by Gasteiger charge is 2.67. The van der Waals surface area contributed by atoms with E-state index in [4.69, 9.17) is 46.4 Å². The molecule has 33 heavy (non-hydrogen) atoms. The summed E-state index contributed by atoms with van der Waals surface area (Å²) in [5.41, 5.74) is 1.34. The lowest BCUT2D eigenvalue weighted by atomic mass is 10.1. The molecule has 2 atom stereocenters. The van der Waals surface area contributed by atoms with Gasteiger partial charge in [-0.2, -0.15) is 0 Å². The molecule has 1 fully saturated rings. The van der Waals surface area contributed by atoms with Gasteiger partial charge in [0.15, 0.2) is 0 Å². The molecular formula is C24H17Cl4FN2O2. The molecule has 170 valence electrons. The zero-order chi connectivity index (χ0) is 23.9. The monoisotopic (exact) mass is 524 g/mol. The molecule has 1 aliphatic carbocycles. The largest absolute Gasteiger partial charge is 0.326 e. The van der Waals surface area contributed by atoms with Gasteiger partial charge in [0.1, 0.15) is 10.2 Å². The molecule has 1 aliphatic rings. The number of nitrogens with one attached hydrogen (secondary N) is 1. The van der Waals surface area contributed by atoms with Gasteiger partial charge in [0.05, 0.1) is 21.5 Å². The maximum Gasteiger partial charge on any atom is 0.261 e. The molecule has 0 radical (unpaired) electrons. The summed E-state index contributed by atoms with van der Waals surface area (Å²) in [5.74, 6) is -2.99. The first-order valence-corrected chi connectivity index (χ1v) is 11.4. The normalized spacial score (nSPS) is 18.5. The second kappa shape index (κ2) is 9.15. The van der Waals surface area contributed by atoms with Crippen molar-refractivity contribution in [1.82, 2.24) is 0 Å². The molecule has 3 aromatic rings. The minimum absolute atomic E-state index is 0.181. The van der Waals surface area contributed by atoms with Crippen molar-refractivity contribution in [3.63, 3.8) is 0 Å². The predicted molar refractivity (Wildman–Crippen MR) is 131 cm³/mol. The number of benzene rings is 3. The van der Waals surface area contributed by atoms with Crippen molar-refractivity contribution in [3.05, 3.63) is 93.7 Å². The van der Waals surface area contributed by atoms with Crippen molar-refractivity contribution in [1.29, 1.82) is 0 Å². The molecule has 0 aliphatic heterocycles. The van der Waals surface area contributed by atoms with Crippen LogP contribution in [-0.2, 0) is 4.79 Å². The van der Waals surface area contributed by atoms with Crippen LogP contribution in [0, 0.1) is 11.7 Å². The minimum Gasteiger partial charge on any atom is -0.326 e. The van der Waals surface area contributed by atoms with Gasteiger partial charge in [-0.05, 0) is 48.0 Å². The Morgan fingerprint density at radius 2 is 1.67 bits per heavy atom. The summed E-state index contributed by atoms with van der Waals surface area (Å²) < 4.78 is 13.1. The second-order valence-corrected chi connectivity index (χ2v) is 9.95. The van der Waals surface area contributed by atoms with Crippen molar-refractivity contribution < 1.29 is 14.0 Å². The average Bonchev–Trinajstić information content (AvgIpc) is 3.38. The molecule has 0 spiro atoms. The van der Waals surface area contributed by atoms with E-state index in [-0.39, 0.29) is 11.3 Å². The van der Waals surface area contributed by atoms with E-state index in [2.05, 4.69) is 5.32 Å². The van der Waals surface area contributed by atoms with Crippen LogP contribution in [0.4, 0.5) is 15.8 Å². The van der Waals surface area contributed by atoms with Crippen LogP contribution >= 0.6 is 46.4 Å². The number of alkyl halides is 2. The highest BCUT2D eigenvalue weighted by molar-refractivity contribution is 6.53. The van der Waals surface area contributed by atoms with Gasteiger partial charge in [0.25, 0.3) is 5.91 Å². The third-order valence-corrected chi connectivity index (χ3v) is 7.23. The van der Waals surface area contributed by atoms with E-state index >= 15 is 0 Å². The molecule has 4 nitrogen and oxygen atoms in total. The van der Waals surface area contributed by atoms with Crippen LogP contribution in [0.5, 0.6) is 0 Å². The van der Waals surface area contributed by atoms with Gasteiger partial charge in [-0.3, -0.25) is 9.59 Å². The van der Waals surface area contributed by atoms with Gasteiger partial charge in [0, 0.05) is 24.3 Å². The summed E-state index contributed by atoms with van der Waals surface area (Å²) in [4.78, 5) is 27.1. The summed E-state index contributed by atoms with van der Waals surface area (Å²) in [7, 11) is 1.55. The zero-order valence-corrected chi connectivity index (χ0v) is 20.2. The third kappa shape index (κ3) is 4.69. The lowest BCUT2D eigenvalue weighted by molar-refractivity contribution is -0.117. The molecule has 9 heteroatoms. The van der Waals surface area contributed by atoms with Gasteiger partial charge in [-0.25, -0.2) is 4.39 Å². The van der Waals surface area contributed by atoms with Crippen LogP contribution in [0.15, 0.2) is 66.7 Å². The first kappa shape index (κ1) is 23.8. The molecule has 2 amide bonds. The lowest BCUT2D eigenvalue weighted by Crippen LogP contribution is -2.27. The molecule has 0 aromatic heterocycles. The number of halogens is 5. The Morgan fingerprint density at radius 1 is 0.970 bits per heavy atom. The number of anilines is 2. The summed E-state index contributed by atoms with van der Waals surface area (Å²) >= 11 is 24.8. The third-order valence-electron chi connectivity index (χ3n) is 5.55. The van der Waals surface area contributed by atoms with Crippen LogP contribution in [-0.4, -0.2) is 23.2 Å². The average molecular weight is 526 g/mol. The zero-order valence-electron chi connectivity index (χ0n) is 17.2. The molecule has 4 rings (SSSR count). The Hall–Kier alpha value is -2.31. The predicted octanol–water partition coefficient (Wildman–Crippen LogP) is 6.94. The molecule has 0 bridgehead atoms. The Morgan fingerprint density at radius 3 is 2.33 bits per heavy atom. The number of hydrogen-bond donors (Lipinski definition) is 1. The maximum atomic E-state index is 14.5. The highest BCUT2D eigenvalue weighted by Crippen LogP contribution is 2.65. The van der Waals surface area contributed by atoms with E-state index in [1.807, 2.05) is 6.07 Å². The Kier molecular flexibility index (Phi) is 6.61. The van der Waals surface area contributed by atoms with Crippen LogP contribution < -0.4 is 10.2 Å². The molecule has 1 N–H and O–H groups in total. The van der Waals surface area contributed by atoms with Gasteiger partial charge in [-0.1, -0.05) is 47.5 Å². The smallest absolute Gasteiger partial charge is 0.261 e. The minimum atomic E-state index is -1.34. The van der Waals surface area contributed by atoms with Gasteiger partial charge in [0.2, 0.25) is 5.91 Å². The number of rotatable bonds is 5. The first-order valence-electron chi connectivity index (χ1n) is 9.87. The van der Waals surface area contributed by atoms with Gasteiger partial charge in [-0.15, -0.1) is 23.2 Å². The second-order valence-electron chi connectivity index (χ2n) is 7.69. The molecular weight excluding hydrogens is 509 g/mol. The maximum absolute atomic E-state index is 14.5. The van der Waals surface area contributed by atoms with E-state index in [1.54, 1.807) is 49.5 Å². The Bertz CT molecular complexity index is 1240. The molecule has 1 saturated carbocycles. The van der Waals surface area contributed by atoms with Crippen LogP contribution in [0.3, 0.4) is 0 Å². The Balaban J connectivity index is 1.53. The van der Waals surface area contributed by atoms with E-state index in [0.29, 0.717) is 21.3 Å². The molecule has 0 heterocycles. The highest BCUT2D eigenvalue weighted by atomic mass is 35.5. The van der Waals surface area contributed by atoms with Crippen molar-refractivity contribution in [2.45, 2.75) is 10.3 Å². The van der Waals surface area contributed by atoms with E-state index in [9.17, 15) is 14.0 Å². The lowest BCUT2D eigenvalue weighted by Gasteiger charge is -2.18. The first-order chi connectivity index (χ1) is 15.6. The fourth-order valence-electron chi connectivity index (χ4n) is 3.71. The van der Waals surface area contributed by atoms with E-state index < -0.39 is 33.8 Å². The van der Waals surface area contributed by atoms with Gasteiger partial charge < -0.3 is 10.2 Å². The molecule has 2 unspecified atom stereocenters. The van der Waals surface area contributed by atoms with E-state index in [1.165, 1.54) is 17.0 Å². The number of hydrogen-bond acceptors (Lipinski definition) is 2. The van der Waals surface area contributed by atoms with Crippen molar-refractivity contribution in [2.24, 2.45) is 5.92 Å². The van der Waals surface area contributed by atoms with Crippen LogP contribution in [0.25, 0.3) is 0 Å². The fourth-order valence-corrected chi connectivity index (χ4v) is 4.84. The summed E-state index contributed by atoms with van der Waals surface area (Å²) in [6, 6.07) is 17.5. The number of amides is 2. The number of carbonyl (C=O) groups is 2. The van der Waals surface area contributed by atoms with Gasteiger partial charge >= 0.3 is 0 Å². The SMILES string of the molecule is CN(C(=O)c1cc(NC(=O)C2C(c3ccc(Cl)c(Cl)c3)C2(Cl)Cl)ccc1F)c1ccccc1. The van der Waals surface area contributed by atoms with Crippen LogP contribution in [0.1, 0.15) is 21.8 Å². The van der Waals surface area contributed by atoms with E-state index in [0.717, 1.165) is 6.07 Å². The molecule has 3 aromatic carbocycles. The number of carbonyl (C=O) groups excluding carboxylic acids is 2. The van der Waals surface area contributed by atoms with Crippen molar-refractivity contribution in [3.8, 4) is 0 Å². The summed E-state index contributed by atoms with van der Waals surface area (Å²) in [5, 5.41) is 3.39. The number of para-hydroxylation sites is 1. The van der Waals surface area contributed by atoms with Crippen molar-refractivity contribution >= 4 is 69.6 Å². The summed E-state index contributed by atoms with van der Waals surface area (Å²) in [6.07, 6.45) is 0. The number of nitrogens with zero attached hydrogens (tertiary/aromatic N) is 1. The topological polar surface area (TPSA) is 49.4 Å². The standard InChI is InChI=1S/C24H17Cl4FN2O2/c1-31(15-5-3-2-4-6-15)23(33)16-12-14(8-10-19(16)29)30-22(32)21-20(24(21,27)28)13-7-9-17(25)18(26)11-13/h2-12,20-21H,1H3,(H,30,32). The quantitative estimate of drug-likeness (QED) is 0.367. The van der Waals surface area contributed by atoms with Crippen LogP contribution in [0.2, 0.25) is 10.0 Å². The fraction of sp³-hybridized carbons (Fsp3) is 0.167. The Labute approximate surface area is 210 Å². The van der Waals surface area contributed by atoms with Crippen molar-refractivity contribution in [2.75, 3.05) is 17.3 Å². The molecule has 0 saturated heterocycles.